The van der Waals surface area contributed by atoms with E-state index in [1.807, 2.05) is 0 Å². The highest BCUT2D eigenvalue weighted by Crippen LogP contribution is 2.34. The molecule has 0 aromatic rings. The Bertz CT molecular complexity index is 147. The van der Waals surface area contributed by atoms with Gasteiger partial charge in [-0.2, -0.15) is 0 Å². The van der Waals surface area contributed by atoms with Crippen LogP contribution < -0.4 is 0 Å². The fraction of sp³-hybridized carbons (Fsp3) is 1.00. The van der Waals surface area contributed by atoms with E-state index in [-0.39, 0.29) is 0 Å². The number of rotatable bonds is 0. The van der Waals surface area contributed by atoms with Crippen molar-refractivity contribution < 1.29 is 24.8 Å². The highest BCUT2D eigenvalue weighted by molar-refractivity contribution is 4.94. The van der Waals surface area contributed by atoms with E-state index >= 15 is 0 Å². The second-order valence-electron chi connectivity index (χ2n) is 2.48. The first-order valence-corrected chi connectivity index (χ1v) is 3.05. The standard InChI is InChI=1S/C5H8O5/c6-1-2(7)4(8)10-5-3(1)9-5/h1-8H. The third-order valence-corrected chi connectivity index (χ3v) is 1.74. The lowest BCUT2D eigenvalue weighted by Crippen LogP contribution is -2.47. The van der Waals surface area contributed by atoms with E-state index in [1.165, 1.54) is 0 Å². The summed E-state index contributed by atoms with van der Waals surface area (Å²) in [7, 11) is 0. The first-order valence-electron chi connectivity index (χ1n) is 3.05. The molecule has 58 valence electrons. The molecule has 0 radical (unpaired) electrons. The molecule has 2 heterocycles. The molecule has 0 spiro atoms. The molecule has 2 aliphatic heterocycles. The SMILES string of the molecule is OC1OC2OC2C(O)C1O. The molecule has 0 aromatic heterocycles. The Kier molecular flexibility index (Phi) is 1.23. The molecule has 5 atom stereocenters. The summed E-state index contributed by atoms with van der Waals surface area (Å²) in [4.78, 5) is 0. The Labute approximate surface area is 56.8 Å². The minimum absolute atomic E-state index is 0.446. The van der Waals surface area contributed by atoms with Gasteiger partial charge in [0, 0.05) is 0 Å². The molecular weight excluding hydrogens is 140 g/mol. The summed E-state index contributed by atoms with van der Waals surface area (Å²) >= 11 is 0. The van der Waals surface area contributed by atoms with E-state index in [0.29, 0.717) is 0 Å². The van der Waals surface area contributed by atoms with Gasteiger partial charge in [0.1, 0.15) is 18.3 Å². The number of epoxide rings is 1. The molecule has 2 fully saturated rings. The molecule has 5 nitrogen and oxygen atoms in total. The normalized spacial score (nSPS) is 59.7. The van der Waals surface area contributed by atoms with Gasteiger partial charge in [-0.1, -0.05) is 0 Å². The topological polar surface area (TPSA) is 82.5 Å². The second-order valence-corrected chi connectivity index (χ2v) is 2.48. The summed E-state index contributed by atoms with van der Waals surface area (Å²) in [5.74, 6) is 0. The summed E-state index contributed by atoms with van der Waals surface area (Å²) < 4.78 is 9.40. The molecule has 0 saturated carbocycles. The highest BCUT2D eigenvalue weighted by atomic mass is 16.8. The summed E-state index contributed by atoms with van der Waals surface area (Å²) in [5.41, 5.74) is 0. The minimum Gasteiger partial charge on any atom is -0.387 e. The zero-order chi connectivity index (χ0) is 7.30. The van der Waals surface area contributed by atoms with Crippen molar-refractivity contribution in [1.29, 1.82) is 0 Å². The van der Waals surface area contributed by atoms with Gasteiger partial charge in [-0.3, -0.25) is 0 Å². The molecule has 0 aliphatic carbocycles. The largest absolute Gasteiger partial charge is 0.387 e. The van der Waals surface area contributed by atoms with Crippen LogP contribution in [-0.4, -0.2) is 46.2 Å². The number of aliphatic hydroxyl groups excluding tert-OH is 3. The molecule has 10 heavy (non-hydrogen) atoms. The van der Waals surface area contributed by atoms with Gasteiger partial charge in [-0.25, -0.2) is 0 Å². The van der Waals surface area contributed by atoms with Gasteiger partial charge in [0.2, 0.25) is 0 Å². The monoisotopic (exact) mass is 148 g/mol. The molecule has 3 N–H and O–H groups in total. The Morgan fingerprint density at radius 2 is 1.60 bits per heavy atom. The van der Waals surface area contributed by atoms with Crippen LogP contribution in [0.5, 0.6) is 0 Å². The van der Waals surface area contributed by atoms with Crippen LogP contribution in [0.3, 0.4) is 0 Å². The Morgan fingerprint density at radius 1 is 0.900 bits per heavy atom. The van der Waals surface area contributed by atoms with Crippen LogP contribution in [0.2, 0.25) is 0 Å². The lowest BCUT2D eigenvalue weighted by Gasteiger charge is -2.24. The molecule has 0 bridgehead atoms. The van der Waals surface area contributed by atoms with Crippen molar-refractivity contribution in [2.24, 2.45) is 0 Å². The molecule has 5 unspecified atom stereocenters. The fourth-order valence-corrected chi connectivity index (χ4v) is 1.04. The summed E-state index contributed by atoms with van der Waals surface area (Å²) in [6, 6.07) is 0. The van der Waals surface area contributed by atoms with Crippen LogP contribution in [-0.2, 0) is 9.47 Å². The van der Waals surface area contributed by atoms with Crippen LogP contribution >= 0.6 is 0 Å². The van der Waals surface area contributed by atoms with E-state index in [0.717, 1.165) is 0 Å². The van der Waals surface area contributed by atoms with Crippen molar-refractivity contribution in [3.8, 4) is 0 Å². The predicted octanol–water partition coefficient (Wildman–Crippen LogP) is -2.22. The van der Waals surface area contributed by atoms with Crippen molar-refractivity contribution in [2.45, 2.75) is 30.9 Å². The number of hydrogen-bond acceptors (Lipinski definition) is 5. The van der Waals surface area contributed by atoms with Crippen molar-refractivity contribution in [3.63, 3.8) is 0 Å². The van der Waals surface area contributed by atoms with E-state index < -0.39 is 30.9 Å². The molecule has 2 rings (SSSR count). The van der Waals surface area contributed by atoms with Gasteiger partial charge < -0.3 is 24.8 Å². The molecule has 0 amide bonds. The van der Waals surface area contributed by atoms with Gasteiger partial charge >= 0.3 is 0 Å². The van der Waals surface area contributed by atoms with E-state index in [1.54, 1.807) is 0 Å². The maximum absolute atomic E-state index is 9.04. The first-order chi connectivity index (χ1) is 4.70. The predicted molar refractivity (Wildman–Crippen MR) is 27.8 cm³/mol. The van der Waals surface area contributed by atoms with Crippen molar-refractivity contribution in [1.82, 2.24) is 0 Å². The maximum Gasteiger partial charge on any atom is 0.190 e. The first kappa shape index (κ1) is 6.51. The Hall–Kier alpha value is -0.200. The number of hydrogen-bond donors (Lipinski definition) is 3. The molecule has 2 aliphatic rings. The van der Waals surface area contributed by atoms with Crippen LogP contribution in [0, 0.1) is 0 Å². The quantitative estimate of drug-likeness (QED) is 0.339. The van der Waals surface area contributed by atoms with Crippen LogP contribution in [0.4, 0.5) is 0 Å². The third kappa shape index (κ3) is 0.759. The van der Waals surface area contributed by atoms with Crippen molar-refractivity contribution in [2.75, 3.05) is 0 Å². The lowest BCUT2D eigenvalue weighted by molar-refractivity contribution is -0.219. The Morgan fingerprint density at radius 3 is 2.30 bits per heavy atom. The van der Waals surface area contributed by atoms with Crippen molar-refractivity contribution >= 4 is 0 Å². The second kappa shape index (κ2) is 1.90. The number of ether oxygens (including phenoxy) is 2. The van der Waals surface area contributed by atoms with Gasteiger partial charge in [0.15, 0.2) is 12.6 Å². The zero-order valence-corrected chi connectivity index (χ0v) is 5.04. The van der Waals surface area contributed by atoms with Gasteiger partial charge in [-0.15, -0.1) is 0 Å². The Balaban J connectivity index is 2.07. The third-order valence-electron chi connectivity index (χ3n) is 1.74. The van der Waals surface area contributed by atoms with Crippen LogP contribution in [0.15, 0.2) is 0 Å². The van der Waals surface area contributed by atoms with E-state index in [9.17, 15) is 0 Å². The highest BCUT2D eigenvalue weighted by Gasteiger charge is 2.55. The summed E-state index contributed by atoms with van der Waals surface area (Å²) in [6.07, 6.45) is -4.55. The molecule has 2 saturated heterocycles. The summed E-state index contributed by atoms with van der Waals surface area (Å²) in [5, 5.41) is 26.8. The smallest absolute Gasteiger partial charge is 0.190 e. The summed E-state index contributed by atoms with van der Waals surface area (Å²) in [6.45, 7) is 0. The van der Waals surface area contributed by atoms with Crippen molar-refractivity contribution in [3.05, 3.63) is 0 Å². The molecule has 0 aromatic carbocycles. The van der Waals surface area contributed by atoms with Crippen LogP contribution in [0.1, 0.15) is 0 Å². The zero-order valence-electron chi connectivity index (χ0n) is 5.04. The average molecular weight is 148 g/mol. The lowest BCUT2D eigenvalue weighted by atomic mass is 10.1. The van der Waals surface area contributed by atoms with Gasteiger partial charge in [0.25, 0.3) is 0 Å². The fourth-order valence-electron chi connectivity index (χ4n) is 1.04. The minimum atomic E-state index is -1.32. The molecular formula is C5H8O5. The number of fused-ring (bicyclic) bond motifs is 1. The van der Waals surface area contributed by atoms with Gasteiger partial charge in [-0.05, 0) is 0 Å². The van der Waals surface area contributed by atoms with E-state index in [4.69, 9.17) is 20.1 Å². The van der Waals surface area contributed by atoms with E-state index in [2.05, 4.69) is 4.74 Å². The molecule has 5 heteroatoms. The number of aliphatic hydroxyl groups is 3. The average Bonchev–Trinajstić information content (AvgIpc) is 2.62. The maximum atomic E-state index is 9.04. The van der Waals surface area contributed by atoms with Gasteiger partial charge in [0.05, 0.1) is 0 Å². The van der Waals surface area contributed by atoms with Crippen LogP contribution in [0.25, 0.3) is 0 Å².